The van der Waals surface area contributed by atoms with Gasteiger partial charge in [0.05, 0.1) is 6.10 Å². The van der Waals surface area contributed by atoms with Gasteiger partial charge < -0.3 is 15.0 Å². The number of rotatable bonds is 9. The van der Waals surface area contributed by atoms with Crippen LogP contribution in [0.5, 0.6) is 5.75 Å². The number of carbonyl (C=O) groups is 1. The van der Waals surface area contributed by atoms with Crippen LogP contribution >= 0.6 is 0 Å². The van der Waals surface area contributed by atoms with Gasteiger partial charge in [-0.1, -0.05) is 54.6 Å². The van der Waals surface area contributed by atoms with Crippen molar-refractivity contribution in [1.82, 2.24) is 10.2 Å². The van der Waals surface area contributed by atoms with Crippen LogP contribution in [-0.2, 0) is 6.42 Å². The normalized spacial score (nSPS) is 18.0. The molecule has 178 valence electrons. The van der Waals surface area contributed by atoms with Crippen LogP contribution in [-0.4, -0.2) is 44.1 Å². The summed E-state index contributed by atoms with van der Waals surface area (Å²) in [7, 11) is 3.99. The van der Waals surface area contributed by atoms with Crippen LogP contribution in [0.2, 0.25) is 0 Å². The van der Waals surface area contributed by atoms with Gasteiger partial charge in [0.1, 0.15) is 5.75 Å². The monoisotopic (exact) mass is 456 g/mol. The van der Waals surface area contributed by atoms with E-state index in [1.165, 1.54) is 29.5 Å². The quantitative estimate of drug-likeness (QED) is 0.441. The van der Waals surface area contributed by atoms with Gasteiger partial charge >= 0.3 is 0 Å². The number of benzene rings is 3. The third-order valence-electron chi connectivity index (χ3n) is 6.64. The summed E-state index contributed by atoms with van der Waals surface area (Å²) in [4.78, 5) is 14.3. The maximum absolute atomic E-state index is 12.2. The molecule has 0 spiro atoms. The van der Waals surface area contributed by atoms with Crippen LogP contribution in [0, 0.1) is 5.92 Å². The van der Waals surface area contributed by atoms with Gasteiger partial charge in [-0.25, -0.2) is 0 Å². The molecule has 3 aromatic carbocycles. The summed E-state index contributed by atoms with van der Waals surface area (Å²) < 4.78 is 6.23. The van der Waals surface area contributed by atoms with Crippen LogP contribution in [0.3, 0.4) is 0 Å². The SMILES string of the molecule is CN(C)CCNC(=O)c1ccc(OC2CCC(Cc3ccc(-c4ccccc4)cc3)CC2)cc1. The standard InChI is InChI=1S/C30H36N2O2/c1-32(2)21-20-31-30(33)27-14-18-29(19-15-27)34-28-16-10-24(11-17-28)22-23-8-12-26(13-9-23)25-6-4-3-5-7-25/h3-9,12-15,18-19,24,28H,10-11,16-17,20-22H2,1-2H3,(H,31,33). The van der Waals surface area contributed by atoms with Crippen LogP contribution in [0.4, 0.5) is 0 Å². The van der Waals surface area contributed by atoms with Gasteiger partial charge in [-0.15, -0.1) is 0 Å². The van der Waals surface area contributed by atoms with E-state index in [4.69, 9.17) is 4.74 Å². The zero-order chi connectivity index (χ0) is 23.8. The summed E-state index contributed by atoms with van der Waals surface area (Å²) in [5, 5.41) is 2.95. The molecule has 0 heterocycles. The molecular formula is C30H36N2O2. The zero-order valence-corrected chi connectivity index (χ0v) is 20.4. The molecule has 0 atom stereocenters. The first-order valence-corrected chi connectivity index (χ1v) is 12.4. The highest BCUT2D eigenvalue weighted by atomic mass is 16.5. The molecule has 4 heteroatoms. The number of carbonyl (C=O) groups excluding carboxylic acids is 1. The minimum atomic E-state index is -0.0364. The smallest absolute Gasteiger partial charge is 0.251 e. The Balaban J connectivity index is 1.21. The molecule has 0 unspecified atom stereocenters. The molecular weight excluding hydrogens is 420 g/mol. The van der Waals surface area contributed by atoms with E-state index in [9.17, 15) is 4.79 Å². The molecule has 4 nitrogen and oxygen atoms in total. The number of amides is 1. The first-order valence-electron chi connectivity index (χ1n) is 12.4. The molecule has 3 aromatic rings. The minimum absolute atomic E-state index is 0.0364. The van der Waals surface area contributed by atoms with Crippen molar-refractivity contribution in [3.63, 3.8) is 0 Å². The summed E-state index contributed by atoms with van der Waals surface area (Å²) >= 11 is 0. The lowest BCUT2D eigenvalue weighted by Crippen LogP contribution is -2.31. The molecule has 1 aliphatic rings. The van der Waals surface area contributed by atoms with Crippen molar-refractivity contribution in [3.8, 4) is 16.9 Å². The van der Waals surface area contributed by atoms with E-state index in [0.717, 1.165) is 37.5 Å². The fourth-order valence-electron chi connectivity index (χ4n) is 4.62. The number of nitrogens with zero attached hydrogens (tertiary/aromatic N) is 1. The van der Waals surface area contributed by atoms with Gasteiger partial charge in [-0.2, -0.15) is 0 Å². The fourth-order valence-corrected chi connectivity index (χ4v) is 4.62. The van der Waals surface area contributed by atoms with E-state index in [1.54, 1.807) is 0 Å². The Morgan fingerprint density at radius 3 is 2.15 bits per heavy atom. The summed E-state index contributed by atoms with van der Waals surface area (Å²) in [6.07, 6.45) is 5.95. The van der Waals surface area contributed by atoms with E-state index in [2.05, 4.69) is 59.9 Å². The van der Waals surface area contributed by atoms with Crippen molar-refractivity contribution in [2.24, 2.45) is 5.92 Å². The van der Waals surface area contributed by atoms with Crippen molar-refractivity contribution < 1.29 is 9.53 Å². The molecule has 0 saturated heterocycles. The molecule has 1 aliphatic carbocycles. The van der Waals surface area contributed by atoms with Crippen molar-refractivity contribution in [2.75, 3.05) is 27.2 Å². The predicted molar refractivity (Wildman–Crippen MR) is 139 cm³/mol. The Labute approximate surface area is 204 Å². The van der Waals surface area contributed by atoms with Crippen LogP contribution in [0.25, 0.3) is 11.1 Å². The van der Waals surface area contributed by atoms with E-state index < -0.39 is 0 Å². The summed E-state index contributed by atoms with van der Waals surface area (Å²) in [5.41, 5.74) is 4.64. The van der Waals surface area contributed by atoms with Crippen LogP contribution in [0.1, 0.15) is 41.6 Å². The molecule has 0 aliphatic heterocycles. The Kier molecular flexibility index (Phi) is 8.37. The Morgan fingerprint density at radius 2 is 1.50 bits per heavy atom. The van der Waals surface area contributed by atoms with E-state index >= 15 is 0 Å². The fraction of sp³-hybridized carbons (Fsp3) is 0.367. The summed E-state index contributed by atoms with van der Waals surface area (Å²) in [5.74, 6) is 1.53. The molecule has 1 fully saturated rings. The predicted octanol–water partition coefficient (Wildman–Crippen LogP) is 5.83. The second-order valence-corrected chi connectivity index (χ2v) is 9.61. The number of likely N-dealkylation sites (N-methyl/N-ethyl adjacent to an activating group) is 1. The summed E-state index contributed by atoms with van der Waals surface area (Å²) in [6, 6.07) is 27.1. The summed E-state index contributed by atoms with van der Waals surface area (Å²) in [6.45, 7) is 1.47. The number of ether oxygens (including phenoxy) is 1. The highest BCUT2D eigenvalue weighted by Gasteiger charge is 2.22. The second kappa shape index (κ2) is 11.8. The van der Waals surface area contributed by atoms with Gasteiger partial charge in [-0.3, -0.25) is 4.79 Å². The average molecular weight is 457 g/mol. The number of hydrogen-bond acceptors (Lipinski definition) is 3. The molecule has 1 N–H and O–H groups in total. The lowest BCUT2D eigenvalue weighted by Gasteiger charge is -2.29. The van der Waals surface area contributed by atoms with E-state index in [-0.39, 0.29) is 12.0 Å². The lowest BCUT2D eigenvalue weighted by atomic mass is 9.83. The Bertz CT molecular complexity index is 1020. The maximum Gasteiger partial charge on any atom is 0.251 e. The number of nitrogens with one attached hydrogen (secondary N) is 1. The van der Waals surface area contributed by atoms with Gasteiger partial charge in [0.2, 0.25) is 0 Å². The average Bonchev–Trinajstić information content (AvgIpc) is 2.86. The van der Waals surface area contributed by atoms with Crippen LogP contribution in [0.15, 0.2) is 78.9 Å². The minimum Gasteiger partial charge on any atom is -0.490 e. The topological polar surface area (TPSA) is 41.6 Å². The molecule has 0 radical (unpaired) electrons. The van der Waals surface area contributed by atoms with Crippen molar-refractivity contribution in [3.05, 3.63) is 90.0 Å². The highest BCUT2D eigenvalue weighted by Crippen LogP contribution is 2.30. The lowest BCUT2D eigenvalue weighted by molar-refractivity contribution is 0.0951. The van der Waals surface area contributed by atoms with Gasteiger partial charge in [0.25, 0.3) is 5.91 Å². The van der Waals surface area contributed by atoms with E-state index in [1.807, 2.05) is 43.3 Å². The molecule has 0 bridgehead atoms. The highest BCUT2D eigenvalue weighted by molar-refractivity contribution is 5.94. The molecule has 34 heavy (non-hydrogen) atoms. The third-order valence-corrected chi connectivity index (χ3v) is 6.64. The number of hydrogen-bond donors (Lipinski definition) is 1. The van der Waals surface area contributed by atoms with Crippen molar-refractivity contribution in [2.45, 2.75) is 38.2 Å². The van der Waals surface area contributed by atoms with Crippen molar-refractivity contribution in [1.29, 1.82) is 0 Å². The van der Waals surface area contributed by atoms with Crippen LogP contribution < -0.4 is 10.1 Å². The molecule has 0 aromatic heterocycles. The second-order valence-electron chi connectivity index (χ2n) is 9.61. The van der Waals surface area contributed by atoms with Gasteiger partial charge in [0, 0.05) is 18.7 Å². The molecule has 1 amide bonds. The zero-order valence-electron chi connectivity index (χ0n) is 20.4. The Morgan fingerprint density at radius 1 is 0.853 bits per heavy atom. The maximum atomic E-state index is 12.2. The van der Waals surface area contributed by atoms with E-state index in [0.29, 0.717) is 12.1 Å². The first-order chi connectivity index (χ1) is 16.6. The Hall–Kier alpha value is -3.11. The largest absolute Gasteiger partial charge is 0.490 e. The first kappa shape index (κ1) is 24.0. The molecule has 4 rings (SSSR count). The van der Waals surface area contributed by atoms with Gasteiger partial charge in [0.15, 0.2) is 0 Å². The van der Waals surface area contributed by atoms with Gasteiger partial charge in [-0.05, 0) is 93.1 Å². The van der Waals surface area contributed by atoms with Crippen molar-refractivity contribution >= 4 is 5.91 Å². The molecule has 1 saturated carbocycles. The third kappa shape index (κ3) is 6.94.